The summed E-state index contributed by atoms with van der Waals surface area (Å²) in [6.45, 7) is 6.96. The van der Waals surface area contributed by atoms with E-state index in [-0.39, 0.29) is 5.41 Å². The quantitative estimate of drug-likeness (QED) is 0.254. The summed E-state index contributed by atoms with van der Waals surface area (Å²) < 4.78 is 0. The molecule has 0 N–H and O–H groups in total. The Balaban J connectivity index is 1.87. The van der Waals surface area contributed by atoms with Gasteiger partial charge in [-0.2, -0.15) is 0 Å². The van der Waals surface area contributed by atoms with E-state index in [1.165, 1.54) is 60.5 Å². The summed E-state index contributed by atoms with van der Waals surface area (Å²) in [5, 5.41) is 5.40. The van der Waals surface area contributed by atoms with E-state index in [0.717, 1.165) is 0 Å². The van der Waals surface area contributed by atoms with Crippen molar-refractivity contribution in [3.8, 4) is 22.3 Å². The maximum atomic E-state index is 2.43. The van der Waals surface area contributed by atoms with Gasteiger partial charge in [0.25, 0.3) is 0 Å². The van der Waals surface area contributed by atoms with Gasteiger partial charge in [-0.3, -0.25) is 0 Å². The molecule has 6 rings (SSSR count). The zero-order valence-electron chi connectivity index (χ0n) is 18.8. The second kappa shape index (κ2) is 6.93. The summed E-state index contributed by atoms with van der Waals surface area (Å²) in [6, 6.07) is 35.4. The van der Waals surface area contributed by atoms with Gasteiger partial charge in [-0.1, -0.05) is 106 Å². The van der Waals surface area contributed by atoms with Crippen LogP contribution in [0.5, 0.6) is 0 Å². The summed E-state index contributed by atoms with van der Waals surface area (Å²) in [4.78, 5) is 0. The lowest BCUT2D eigenvalue weighted by Gasteiger charge is -2.23. The zero-order chi connectivity index (χ0) is 21.9. The Morgan fingerprint density at radius 2 is 1.19 bits per heavy atom. The second-order valence-electron chi connectivity index (χ2n) is 9.82. The molecule has 0 unspecified atom stereocenters. The van der Waals surface area contributed by atoms with E-state index in [1.54, 1.807) is 0 Å². The summed E-state index contributed by atoms with van der Waals surface area (Å²) in [6.07, 6.45) is 2.43. The lowest BCUT2D eigenvalue weighted by molar-refractivity contribution is 0.570. The van der Waals surface area contributed by atoms with Crippen molar-refractivity contribution in [1.29, 1.82) is 0 Å². The Morgan fingerprint density at radius 3 is 1.88 bits per heavy atom. The molecule has 0 saturated heterocycles. The molecule has 0 bridgehead atoms. The van der Waals surface area contributed by atoms with Crippen LogP contribution in [0.15, 0.2) is 97.1 Å². The number of hydrogen-bond acceptors (Lipinski definition) is 0. The molecule has 32 heavy (non-hydrogen) atoms. The highest BCUT2D eigenvalue weighted by Gasteiger charge is 2.29. The molecule has 1 aliphatic carbocycles. The average molecular weight is 411 g/mol. The molecule has 0 radical (unpaired) electrons. The first-order valence-electron chi connectivity index (χ1n) is 11.4. The van der Waals surface area contributed by atoms with Gasteiger partial charge in [0.1, 0.15) is 0 Å². The van der Waals surface area contributed by atoms with E-state index in [9.17, 15) is 0 Å². The molecule has 0 amide bonds. The first kappa shape index (κ1) is 19.1. The van der Waals surface area contributed by atoms with Crippen LogP contribution in [0.3, 0.4) is 0 Å². The van der Waals surface area contributed by atoms with E-state index in [2.05, 4.69) is 124 Å². The van der Waals surface area contributed by atoms with Crippen LogP contribution < -0.4 is 0 Å². The summed E-state index contributed by atoms with van der Waals surface area (Å²) in [5.41, 5.74) is 9.38. The Bertz CT molecular complexity index is 1510. The van der Waals surface area contributed by atoms with Crippen molar-refractivity contribution in [2.75, 3.05) is 0 Å². The van der Waals surface area contributed by atoms with Gasteiger partial charge in [-0.15, -0.1) is 0 Å². The van der Waals surface area contributed by atoms with Crippen molar-refractivity contribution in [1.82, 2.24) is 0 Å². The fourth-order valence-electron chi connectivity index (χ4n) is 5.27. The van der Waals surface area contributed by atoms with Gasteiger partial charge in [0.05, 0.1) is 0 Å². The molecule has 154 valence electrons. The lowest BCUT2D eigenvalue weighted by Crippen LogP contribution is -2.06. The van der Waals surface area contributed by atoms with Crippen molar-refractivity contribution in [2.45, 2.75) is 20.8 Å². The lowest BCUT2D eigenvalue weighted by atomic mass is 9.81. The normalized spacial score (nSPS) is 13.0. The summed E-state index contributed by atoms with van der Waals surface area (Å²) in [5.74, 6) is 0. The highest BCUT2D eigenvalue weighted by molar-refractivity contribution is 6.25. The van der Waals surface area contributed by atoms with Crippen LogP contribution in [0.4, 0.5) is 0 Å². The van der Waals surface area contributed by atoms with Gasteiger partial charge in [-0.05, 0) is 84.1 Å². The van der Waals surface area contributed by atoms with Gasteiger partial charge in [0.2, 0.25) is 0 Å². The number of fused-ring (bicyclic) bond motifs is 2. The summed E-state index contributed by atoms with van der Waals surface area (Å²) in [7, 11) is 0. The first-order valence-corrected chi connectivity index (χ1v) is 11.4. The van der Waals surface area contributed by atoms with Crippen LogP contribution in [0.25, 0.3) is 55.4 Å². The minimum Gasteiger partial charge on any atom is -0.0622 e. The predicted octanol–water partition coefficient (Wildman–Crippen LogP) is 9.23. The SMILES string of the molecule is CC(C)(C)C1=Cc2cc(-c3ccccc3)c(-c3ccccc3)c3c2c1cc1ccccc13. The monoisotopic (exact) mass is 410 g/mol. The first-order chi connectivity index (χ1) is 15.5. The standard InChI is InChI=1S/C32H26/c1-32(2,3)28-20-24-19-26(21-12-6-4-7-13-21)29(22-14-8-5-9-15-22)31-25-17-11-10-16-23(25)18-27(28)30(24)31/h4-20H,1-3H3. The number of allylic oxidation sites excluding steroid dienone is 1. The van der Waals surface area contributed by atoms with Gasteiger partial charge in [-0.25, -0.2) is 0 Å². The van der Waals surface area contributed by atoms with E-state index in [4.69, 9.17) is 0 Å². The molecule has 0 heterocycles. The third-order valence-electron chi connectivity index (χ3n) is 6.70. The topological polar surface area (TPSA) is 0 Å². The van der Waals surface area contributed by atoms with Gasteiger partial charge in [0.15, 0.2) is 0 Å². The summed E-state index contributed by atoms with van der Waals surface area (Å²) >= 11 is 0. The van der Waals surface area contributed by atoms with E-state index >= 15 is 0 Å². The van der Waals surface area contributed by atoms with Crippen molar-refractivity contribution in [2.24, 2.45) is 5.41 Å². The molecule has 0 heteroatoms. The van der Waals surface area contributed by atoms with Gasteiger partial charge >= 0.3 is 0 Å². The Hall–Kier alpha value is -3.64. The van der Waals surface area contributed by atoms with Gasteiger partial charge < -0.3 is 0 Å². The Labute approximate surface area is 189 Å². The van der Waals surface area contributed by atoms with Crippen molar-refractivity contribution in [3.63, 3.8) is 0 Å². The minimum atomic E-state index is 0.0776. The van der Waals surface area contributed by atoms with E-state index < -0.39 is 0 Å². The molecule has 5 aromatic carbocycles. The molecule has 0 aliphatic heterocycles. The van der Waals surface area contributed by atoms with Crippen LogP contribution in [-0.4, -0.2) is 0 Å². The second-order valence-corrected chi connectivity index (χ2v) is 9.82. The largest absolute Gasteiger partial charge is 0.0622 e. The minimum absolute atomic E-state index is 0.0776. The average Bonchev–Trinajstić information content (AvgIpc) is 3.19. The van der Waals surface area contributed by atoms with Crippen LogP contribution >= 0.6 is 0 Å². The molecule has 0 nitrogen and oxygen atoms in total. The predicted molar refractivity (Wildman–Crippen MR) is 140 cm³/mol. The fraction of sp³-hybridized carbons (Fsp3) is 0.125. The van der Waals surface area contributed by atoms with E-state index in [0.29, 0.717) is 0 Å². The smallest absolute Gasteiger partial charge is 0.000841 e. The fourth-order valence-corrected chi connectivity index (χ4v) is 5.27. The molecule has 0 spiro atoms. The molecule has 0 aromatic heterocycles. The molecular formula is C32H26. The highest BCUT2D eigenvalue weighted by atomic mass is 14.3. The molecule has 0 saturated carbocycles. The number of hydrogen-bond donors (Lipinski definition) is 0. The van der Waals surface area contributed by atoms with Crippen molar-refractivity contribution < 1.29 is 0 Å². The Kier molecular flexibility index (Phi) is 4.13. The van der Waals surface area contributed by atoms with Gasteiger partial charge in [0, 0.05) is 0 Å². The van der Waals surface area contributed by atoms with Crippen molar-refractivity contribution >= 4 is 33.2 Å². The van der Waals surface area contributed by atoms with Crippen LogP contribution in [-0.2, 0) is 0 Å². The van der Waals surface area contributed by atoms with Crippen LogP contribution in [0, 0.1) is 5.41 Å². The maximum absolute atomic E-state index is 2.43. The van der Waals surface area contributed by atoms with E-state index in [1.807, 2.05) is 0 Å². The van der Waals surface area contributed by atoms with Crippen LogP contribution in [0.1, 0.15) is 31.9 Å². The highest BCUT2D eigenvalue weighted by Crippen LogP contribution is 2.51. The molecule has 1 aliphatic rings. The Morgan fingerprint density at radius 1 is 0.562 bits per heavy atom. The third kappa shape index (κ3) is 2.83. The molecule has 0 fully saturated rings. The van der Waals surface area contributed by atoms with Crippen LogP contribution in [0.2, 0.25) is 0 Å². The third-order valence-corrected chi connectivity index (χ3v) is 6.70. The molecular weight excluding hydrogens is 384 g/mol. The maximum Gasteiger partial charge on any atom is -0.000841 e. The number of rotatable bonds is 2. The molecule has 0 atom stereocenters. The van der Waals surface area contributed by atoms with Crippen molar-refractivity contribution in [3.05, 3.63) is 108 Å². The number of benzene rings is 5. The molecule has 5 aromatic rings. The zero-order valence-corrected chi connectivity index (χ0v) is 18.8.